The number of fused-ring (bicyclic) bond motifs is 4. The Morgan fingerprint density at radius 2 is 1.96 bits per heavy atom. The van der Waals surface area contributed by atoms with Crippen molar-refractivity contribution in [2.75, 3.05) is 25.6 Å². The van der Waals surface area contributed by atoms with Gasteiger partial charge in [0.2, 0.25) is 0 Å². The van der Waals surface area contributed by atoms with Crippen LogP contribution in [0.1, 0.15) is 0 Å². The van der Waals surface area contributed by atoms with Gasteiger partial charge in [-0.15, -0.1) is 11.3 Å². The highest BCUT2D eigenvalue weighted by Gasteiger charge is 2.10. The van der Waals surface area contributed by atoms with Crippen LogP contribution in [0.2, 0.25) is 0 Å². The lowest BCUT2D eigenvalue weighted by Gasteiger charge is -2.10. The predicted octanol–water partition coefficient (Wildman–Crippen LogP) is 3.93. The summed E-state index contributed by atoms with van der Waals surface area (Å²) in [6.45, 7) is 1.28. The minimum Gasteiger partial charge on any atom is -0.383 e. The summed E-state index contributed by atoms with van der Waals surface area (Å²) in [5.74, 6) is 0. The fourth-order valence-electron chi connectivity index (χ4n) is 2.66. The summed E-state index contributed by atoms with van der Waals surface area (Å²) in [5, 5.41) is 7.97. The maximum Gasteiger partial charge on any atom is 0.170 e. The molecule has 2 aromatic carbocycles. The van der Waals surface area contributed by atoms with E-state index in [9.17, 15) is 0 Å². The highest BCUT2D eigenvalue weighted by Crippen LogP contribution is 2.34. The molecule has 0 aliphatic carbocycles. The van der Waals surface area contributed by atoms with Crippen LogP contribution in [-0.4, -0.2) is 35.3 Å². The van der Waals surface area contributed by atoms with Gasteiger partial charge in [-0.2, -0.15) is 0 Å². The molecule has 0 saturated carbocycles. The molecule has 0 aliphatic heterocycles. The largest absolute Gasteiger partial charge is 0.383 e. The number of aromatic nitrogens is 2. The average Bonchev–Trinajstić information content (AvgIpc) is 2.97. The minimum atomic E-state index is 0.576. The van der Waals surface area contributed by atoms with E-state index in [-0.39, 0.29) is 0 Å². The van der Waals surface area contributed by atoms with Crippen LogP contribution in [0.3, 0.4) is 0 Å². The van der Waals surface area contributed by atoms with E-state index in [1.807, 2.05) is 30.3 Å². The van der Waals surface area contributed by atoms with Crippen molar-refractivity contribution in [1.82, 2.24) is 15.3 Å². The molecule has 4 aromatic rings. The Morgan fingerprint density at radius 1 is 1.16 bits per heavy atom. The molecule has 0 fully saturated rings. The van der Waals surface area contributed by atoms with Crippen molar-refractivity contribution in [3.63, 3.8) is 0 Å². The Bertz CT molecular complexity index is 1080. The Hall–Kier alpha value is -2.35. The Morgan fingerprint density at radius 3 is 2.76 bits per heavy atom. The number of benzene rings is 2. The second-order valence-electron chi connectivity index (χ2n) is 5.55. The van der Waals surface area contributed by atoms with Crippen molar-refractivity contribution < 1.29 is 4.74 Å². The molecule has 0 saturated heterocycles. The number of nitrogens with zero attached hydrogens (tertiary/aromatic N) is 2. The number of hydrogen-bond acceptors (Lipinski definition) is 5. The van der Waals surface area contributed by atoms with Gasteiger partial charge in [-0.1, -0.05) is 12.1 Å². The zero-order chi connectivity index (χ0) is 17.2. The molecule has 0 amide bonds. The fourth-order valence-corrected chi connectivity index (χ4v) is 3.88. The van der Waals surface area contributed by atoms with Crippen molar-refractivity contribution in [2.24, 2.45) is 0 Å². The van der Waals surface area contributed by atoms with Crippen molar-refractivity contribution in [2.45, 2.75) is 0 Å². The van der Waals surface area contributed by atoms with Gasteiger partial charge < -0.3 is 15.4 Å². The zero-order valence-electron chi connectivity index (χ0n) is 13.6. The Balaban J connectivity index is 1.70. The molecule has 4 rings (SSSR count). The molecule has 0 aliphatic rings. The second-order valence-corrected chi connectivity index (χ2v) is 6.99. The van der Waals surface area contributed by atoms with Gasteiger partial charge in [-0.3, -0.25) is 0 Å². The number of methoxy groups -OCH3 is 1. The van der Waals surface area contributed by atoms with E-state index >= 15 is 0 Å². The third-order valence-corrected chi connectivity index (χ3v) is 5.13. The lowest BCUT2D eigenvalue weighted by Crippen LogP contribution is -2.31. The SMILES string of the molecule is COCCNC(=S)Nc1ccc2sc3nc4ccccc4nc3c2c1. The van der Waals surface area contributed by atoms with Gasteiger partial charge in [-0.25, -0.2) is 9.97 Å². The van der Waals surface area contributed by atoms with Gasteiger partial charge in [0.25, 0.3) is 0 Å². The van der Waals surface area contributed by atoms with E-state index in [1.54, 1.807) is 18.4 Å². The van der Waals surface area contributed by atoms with Crippen molar-refractivity contribution in [3.05, 3.63) is 42.5 Å². The van der Waals surface area contributed by atoms with Gasteiger partial charge in [0.1, 0.15) is 10.3 Å². The molecule has 0 unspecified atom stereocenters. The summed E-state index contributed by atoms with van der Waals surface area (Å²) in [7, 11) is 1.67. The zero-order valence-corrected chi connectivity index (χ0v) is 15.2. The molecular weight excluding hydrogens is 352 g/mol. The molecule has 0 radical (unpaired) electrons. The Kier molecular flexibility index (Phi) is 4.44. The third-order valence-electron chi connectivity index (χ3n) is 3.83. The van der Waals surface area contributed by atoms with Crippen LogP contribution in [0.5, 0.6) is 0 Å². The van der Waals surface area contributed by atoms with Gasteiger partial charge >= 0.3 is 0 Å². The van der Waals surface area contributed by atoms with E-state index in [2.05, 4.69) is 22.8 Å². The van der Waals surface area contributed by atoms with E-state index in [0.29, 0.717) is 18.3 Å². The topological polar surface area (TPSA) is 59.1 Å². The van der Waals surface area contributed by atoms with Crippen molar-refractivity contribution >= 4 is 65.8 Å². The summed E-state index contributed by atoms with van der Waals surface area (Å²) >= 11 is 6.96. The number of para-hydroxylation sites is 2. The molecule has 0 spiro atoms. The highest BCUT2D eigenvalue weighted by molar-refractivity contribution is 7.80. The van der Waals surface area contributed by atoms with Crippen LogP contribution in [0, 0.1) is 0 Å². The molecule has 0 atom stereocenters. The molecule has 7 heteroatoms. The number of hydrogen-bond donors (Lipinski definition) is 2. The molecule has 126 valence electrons. The standard InChI is InChI=1S/C18H16N4OS2/c1-23-9-8-19-18(24)20-11-6-7-15-12(10-11)16-17(25-15)22-14-5-3-2-4-13(14)21-16/h2-7,10H,8-9H2,1H3,(H2,19,20,24). The maximum absolute atomic E-state index is 5.31. The molecule has 25 heavy (non-hydrogen) atoms. The van der Waals surface area contributed by atoms with E-state index in [0.717, 1.165) is 37.2 Å². The minimum absolute atomic E-state index is 0.576. The molecule has 5 nitrogen and oxygen atoms in total. The van der Waals surface area contributed by atoms with Gasteiger partial charge in [-0.05, 0) is 42.5 Å². The number of thiophene rings is 1. The summed E-state index contributed by atoms with van der Waals surface area (Å²) < 4.78 is 6.17. The first-order valence-corrected chi connectivity index (χ1v) is 9.10. The van der Waals surface area contributed by atoms with Crippen LogP contribution >= 0.6 is 23.6 Å². The number of thiocarbonyl (C=S) groups is 1. The lowest BCUT2D eigenvalue weighted by molar-refractivity contribution is 0.204. The molecule has 2 N–H and O–H groups in total. The van der Waals surface area contributed by atoms with Gasteiger partial charge in [0.05, 0.1) is 17.6 Å². The summed E-state index contributed by atoms with van der Waals surface area (Å²) in [4.78, 5) is 10.5. The van der Waals surface area contributed by atoms with Crippen LogP contribution in [0.4, 0.5) is 5.69 Å². The first-order chi connectivity index (χ1) is 12.2. The number of nitrogens with one attached hydrogen (secondary N) is 2. The highest BCUT2D eigenvalue weighted by atomic mass is 32.1. The average molecular weight is 368 g/mol. The maximum atomic E-state index is 5.31. The smallest absolute Gasteiger partial charge is 0.170 e. The lowest BCUT2D eigenvalue weighted by atomic mass is 10.2. The summed E-state index contributed by atoms with van der Waals surface area (Å²) in [6.07, 6.45) is 0. The normalized spacial score (nSPS) is 11.2. The van der Waals surface area contributed by atoms with Crippen LogP contribution in [0.15, 0.2) is 42.5 Å². The van der Waals surface area contributed by atoms with E-state index in [1.165, 1.54) is 0 Å². The summed E-state index contributed by atoms with van der Waals surface area (Å²) in [5.41, 5.74) is 3.69. The number of anilines is 1. The van der Waals surface area contributed by atoms with Gasteiger partial charge in [0, 0.05) is 29.4 Å². The molecule has 2 aromatic heterocycles. The van der Waals surface area contributed by atoms with Crippen LogP contribution in [0.25, 0.3) is 31.5 Å². The fraction of sp³-hybridized carbons (Fsp3) is 0.167. The van der Waals surface area contributed by atoms with Crippen LogP contribution < -0.4 is 10.6 Å². The quantitative estimate of drug-likeness (QED) is 0.420. The number of rotatable bonds is 4. The molecular formula is C18H16N4OS2. The first-order valence-electron chi connectivity index (χ1n) is 7.87. The van der Waals surface area contributed by atoms with Crippen LogP contribution in [-0.2, 0) is 4.74 Å². The Labute approximate surface area is 154 Å². The van der Waals surface area contributed by atoms with E-state index in [4.69, 9.17) is 26.9 Å². The second kappa shape index (κ2) is 6.87. The third kappa shape index (κ3) is 3.26. The summed E-state index contributed by atoms with van der Waals surface area (Å²) in [6, 6.07) is 14.1. The van der Waals surface area contributed by atoms with Crippen molar-refractivity contribution in [3.8, 4) is 0 Å². The molecule has 2 heterocycles. The van der Waals surface area contributed by atoms with E-state index < -0.39 is 0 Å². The number of ether oxygens (including phenoxy) is 1. The monoisotopic (exact) mass is 368 g/mol. The van der Waals surface area contributed by atoms with Gasteiger partial charge in [0.15, 0.2) is 5.11 Å². The molecule has 0 bridgehead atoms. The predicted molar refractivity (Wildman–Crippen MR) is 109 cm³/mol. The first kappa shape index (κ1) is 16.1. The van der Waals surface area contributed by atoms with Crippen molar-refractivity contribution in [1.29, 1.82) is 0 Å².